The third-order valence-electron chi connectivity index (χ3n) is 7.07. The number of thiazole rings is 1. The third-order valence-corrected chi connectivity index (χ3v) is 8.02. The molecule has 2 aliphatic carbocycles. The van der Waals surface area contributed by atoms with Crippen molar-refractivity contribution in [3.05, 3.63) is 46.7 Å². The second kappa shape index (κ2) is 11.7. The molecule has 33 heavy (non-hydrogen) atoms. The molecule has 6 nitrogen and oxygen atoms in total. The molecule has 0 aliphatic heterocycles. The second-order valence-corrected chi connectivity index (χ2v) is 10.6. The van der Waals surface area contributed by atoms with Crippen LogP contribution in [0.2, 0.25) is 0 Å². The first kappa shape index (κ1) is 23.9. The zero-order valence-electron chi connectivity index (χ0n) is 19.7. The molecular weight excluding hydrogens is 430 g/mol. The van der Waals surface area contributed by atoms with Crippen molar-refractivity contribution in [2.45, 2.75) is 76.8 Å². The van der Waals surface area contributed by atoms with E-state index in [2.05, 4.69) is 27.1 Å². The van der Waals surface area contributed by atoms with Crippen molar-refractivity contribution in [3.63, 3.8) is 0 Å². The van der Waals surface area contributed by atoms with Crippen LogP contribution in [0.15, 0.2) is 30.5 Å². The Bertz CT molecular complexity index is 920. The Kier molecular flexibility index (Phi) is 8.51. The van der Waals surface area contributed by atoms with Gasteiger partial charge in [0.25, 0.3) is 0 Å². The smallest absolute Gasteiger partial charge is 0.244 e. The number of amides is 1. The average molecular weight is 468 g/mol. The van der Waals surface area contributed by atoms with Gasteiger partial charge in [0.1, 0.15) is 0 Å². The van der Waals surface area contributed by atoms with Gasteiger partial charge in [0, 0.05) is 29.2 Å². The van der Waals surface area contributed by atoms with Gasteiger partial charge in [-0.2, -0.15) is 0 Å². The van der Waals surface area contributed by atoms with Gasteiger partial charge in [-0.3, -0.25) is 9.78 Å². The van der Waals surface area contributed by atoms with Crippen LogP contribution in [0.4, 0.5) is 5.13 Å². The minimum absolute atomic E-state index is 0.0152. The van der Waals surface area contributed by atoms with Gasteiger partial charge in [0.2, 0.25) is 5.91 Å². The number of nitrogens with one attached hydrogen (secondary N) is 1. The van der Waals surface area contributed by atoms with E-state index in [0.717, 1.165) is 42.4 Å². The van der Waals surface area contributed by atoms with Gasteiger partial charge in [0.05, 0.1) is 11.4 Å². The summed E-state index contributed by atoms with van der Waals surface area (Å²) in [5.74, 6) is 0.748. The van der Waals surface area contributed by atoms with Crippen molar-refractivity contribution in [2.75, 3.05) is 18.8 Å². The number of aromatic nitrogens is 2. The fourth-order valence-corrected chi connectivity index (χ4v) is 6.23. The molecule has 2 aromatic rings. The predicted molar refractivity (Wildman–Crippen MR) is 136 cm³/mol. The van der Waals surface area contributed by atoms with E-state index in [4.69, 9.17) is 5.73 Å². The van der Waals surface area contributed by atoms with Crippen molar-refractivity contribution >= 4 is 28.5 Å². The number of carbonyl (C=O) groups is 1. The van der Waals surface area contributed by atoms with Crippen LogP contribution in [0.5, 0.6) is 0 Å². The molecule has 1 fully saturated rings. The number of nitrogens with zero attached hydrogens (tertiary/aromatic N) is 3. The van der Waals surface area contributed by atoms with Gasteiger partial charge in [-0.05, 0) is 95.0 Å². The molecule has 1 amide bonds. The van der Waals surface area contributed by atoms with Gasteiger partial charge in [-0.15, -0.1) is 11.3 Å². The average Bonchev–Trinajstić information content (AvgIpc) is 3.21. The van der Waals surface area contributed by atoms with Crippen molar-refractivity contribution in [3.8, 4) is 0 Å². The number of pyridine rings is 1. The van der Waals surface area contributed by atoms with E-state index in [1.54, 1.807) is 29.7 Å². The monoisotopic (exact) mass is 467 g/mol. The van der Waals surface area contributed by atoms with Crippen LogP contribution >= 0.6 is 11.3 Å². The first-order valence-electron chi connectivity index (χ1n) is 12.5. The van der Waals surface area contributed by atoms with Crippen molar-refractivity contribution in [1.29, 1.82) is 0 Å². The molecule has 0 spiro atoms. The molecule has 7 heteroatoms. The van der Waals surface area contributed by atoms with Crippen LogP contribution in [0.3, 0.4) is 0 Å². The Morgan fingerprint density at radius 1 is 1.24 bits per heavy atom. The Morgan fingerprint density at radius 3 is 2.85 bits per heavy atom. The van der Waals surface area contributed by atoms with E-state index in [9.17, 15) is 4.79 Å². The lowest BCUT2D eigenvalue weighted by Gasteiger charge is -2.36. The molecular formula is C26H37N5OS. The number of aryl methyl sites for hydroxylation is 1. The van der Waals surface area contributed by atoms with Crippen LogP contribution in [0.1, 0.15) is 68.1 Å². The Balaban J connectivity index is 1.19. The second-order valence-electron chi connectivity index (χ2n) is 9.46. The van der Waals surface area contributed by atoms with Gasteiger partial charge < -0.3 is 16.0 Å². The quantitative estimate of drug-likeness (QED) is 0.532. The first-order chi connectivity index (χ1) is 16.1. The lowest BCUT2D eigenvalue weighted by atomic mass is 9.83. The maximum absolute atomic E-state index is 12.3. The number of nitrogen functional groups attached to an aromatic ring is 1. The molecule has 0 radical (unpaired) electrons. The minimum Gasteiger partial charge on any atom is -0.375 e. The number of hydrogen-bond donors (Lipinski definition) is 2. The Labute approximate surface area is 201 Å². The lowest BCUT2D eigenvalue weighted by molar-refractivity contribution is -0.117. The normalized spacial score (nSPS) is 23.0. The number of hydrogen-bond acceptors (Lipinski definition) is 6. The molecule has 2 aliphatic rings. The maximum Gasteiger partial charge on any atom is 0.244 e. The van der Waals surface area contributed by atoms with E-state index in [-0.39, 0.29) is 5.91 Å². The summed E-state index contributed by atoms with van der Waals surface area (Å²) in [6.45, 7) is 4.63. The molecule has 1 saturated carbocycles. The SMILES string of the molecule is CCCN(CCC1CCC(NC(=O)/C=C/c2ccccn2)CC1)[C@H]1CCc2nc(N)sc2C1. The lowest BCUT2D eigenvalue weighted by Crippen LogP contribution is -2.41. The Morgan fingerprint density at radius 2 is 2.09 bits per heavy atom. The fraction of sp³-hybridized carbons (Fsp3) is 0.577. The summed E-state index contributed by atoms with van der Waals surface area (Å²) in [5, 5.41) is 3.90. The zero-order valence-corrected chi connectivity index (χ0v) is 20.5. The summed E-state index contributed by atoms with van der Waals surface area (Å²) >= 11 is 1.68. The van der Waals surface area contributed by atoms with Crippen LogP contribution in [0, 0.1) is 5.92 Å². The summed E-state index contributed by atoms with van der Waals surface area (Å²) < 4.78 is 0. The van der Waals surface area contributed by atoms with Crippen LogP contribution < -0.4 is 11.1 Å². The van der Waals surface area contributed by atoms with Gasteiger partial charge >= 0.3 is 0 Å². The molecule has 3 N–H and O–H groups in total. The highest BCUT2D eigenvalue weighted by molar-refractivity contribution is 7.15. The van der Waals surface area contributed by atoms with Crippen molar-refractivity contribution in [2.24, 2.45) is 5.92 Å². The van der Waals surface area contributed by atoms with E-state index >= 15 is 0 Å². The predicted octanol–water partition coefficient (Wildman–Crippen LogP) is 4.47. The van der Waals surface area contributed by atoms with Gasteiger partial charge in [0.15, 0.2) is 5.13 Å². The summed E-state index contributed by atoms with van der Waals surface area (Å²) in [6.07, 6.45) is 15.5. The highest BCUT2D eigenvalue weighted by Gasteiger charge is 2.28. The highest BCUT2D eigenvalue weighted by Crippen LogP contribution is 2.32. The van der Waals surface area contributed by atoms with E-state index in [0.29, 0.717) is 12.1 Å². The van der Waals surface area contributed by atoms with E-state index in [1.807, 2.05) is 18.2 Å². The molecule has 0 bridgehead atoms. The topological polar surface area (TPSA) is 84.1 Å². The number of anilines is 1. The van der Waals surface area contributed by atoms with Crippen molar-refractivity contribution < 1.29 is 4.79 Å². The maximum atomic E-state index is 12.3. The fourth-order valence-electron chi connectivity index (χ4n) is 5.28. The minimum atomic E-state index is -0.0152. The summed E-state index contributed by atoms with van der Waals surface area (Å²) in [4.78, 5) is 25.1. The first-order valence-corrected chi connectivity index (χ1v) is 13.3. The molecule has 2 heterocycles. The number of rotatable bonds is 9. The van der Waals surface area contributed by atoms with Crippen LogP contribution in [0.25, 0.3) is 6.08 Å². The molecule has 0 aromatic carbocycles. The van der Waals surface area contributed by atoms with Crippen molar-refractivity contribution in [1.82, 2.24) is 20.2 Å². The third kappa shape index (κ3) is 6.87. The number of nitrogens with two attached hydrogens (primary N) is 1. The highest BCUT2D eigenvalue weighted by atomic mass is 32.1. The number of carbonyl (C=O) groups excluding carboxylic acids is 1. The number of fused-ring (bicyclic) bond motifs is 1. The molecule has 4 rings (SSSR count). The summed E-state index contributed by atoms with van der Waals surface area (Å²) in [7, 11) is 0. The summed E-state index contributed by atoms with van der Waals surface area (Å²) in [5.41, 5.74) is 7.98. The molecule has 1 atom stereocenters. The summed E-state index contributed by atoms with van der Waals surface area (Å²) in [6, 6.07) is 6.62. The van der Waals surface area contributed by atoms with Crippen LogP contribution in [-0.4, -0.2) is 45.9 Å². The van der Waals surface area contributed by atoms with E-state index < -0.39 is 0 Å². The zero-order chi connectivity index (χ0) is 23.0. The largest absolute Gasteiger partial charge is 0.375 e. The van der Waals surface area contributed by atoms with Gasteiger partial charge in [-0.25, -0.2) is 4.98 Å². The molecule has 0 unspecified atom stereocenters. The molecule has 0 saturated heterocycles. The van der Waals surface area contributed by atoms with E-state index in [1.165, 1.54) is 55.8 Å². The molecule has 2 aromatic heterocycles. The standard InChI is InChI=1S/C26H37N5OS/c1-2-16-31(22-11-12-23-24(18-22)33-26(27)30-23)17-14-19-6-8-21(9-7-19)29-25(32)13-10-20-5-3-4-15-28-20/h3-5,10,13,15,19,21-22H,2,6-9,11-12,14,16-18H2,1H3,(H2,27,30)(H,29,32)/b13-10+/t19?,21?,22-/m0/s1. The van der Waals surface area contributed by atoms with Crippen LogP contribution in [-0.2, 0) is 17.6 Å². The Hall–Kier alpha value is -2.25. The van der Waals surface area contributed by atoms with Gasteiger partial charge in [-0.1, -0.05) is 13.0 Å². The molecule has 178 valence electrons.